The molecule has 148 valence electrons. The number of carbonyl (C=O) groups is 2. The number of halogens is 2. The second-order valence-corrected chi connectivity index (χ2v) is 7.93. The Labute approximate surface area is 169 Å². The van der Waals surface area contributed by atoms with Crippen molar-refractivity contribution in [3.05, 3.63) is 63.9 Å². The summed E-state index contributed by atoms with van der Waals surface area (Å²) < 4.78 is 13.5. The first-order valence-electron chi connectivity index (χ1n) is 9.50. The van der Waals surface area contributed by atoms with Crippen LogP contribution in [0.25, 0.3) is 0 Å². The molecule has 0 aromatic heterocycles. The van der Waals surface area contributed by atoms with E-state index in [2.05, 4.69) is 5.32 Å². The number of carbonyl (C=O) groups excluding carboxylic acids is 2. The van der Waals surface area contributed by atoms with E-state index in [9.17, 15) is 14.0 Å². The molecule has 0 aliphatic carbocycles. The van der Waals surface area contributed by atoms with Gasteiger partial charge < -0.3 is 10.2 Å². The Bertz CT molecular complexity index is 898. The molecule has 1 aliphatic rings. The van der Waals surface area contributed by atoms with Crippen molar-refractivity contribution in [3.8, 4) is 0 Å². The first-order valence-corrected chi connectivity index (χ1v) is 9.88. The summed E-state index contributed by atoms with van der Waals surface area (Å²) in [5, 5.41) is 2.79. The summed E-state index contributed by atoms with van der Waals surface area (Å²) >= 11 is 5.65. The third-order valence-corrected chi connectivity index (χ3v) is 5.09. The standard InChI is InChI=1S/C22H24ClFN2O2/c1-14(2)10-21(27)26-9-3-4-16-11-15(5-8-20(16)26)13-25-22(28)17-6-7-18(23)19(24)12-17/h5-8,11-12,14H,3-4,9-10,13H2,1-2H3,(H,25,28). The third-order valence-electron chi connectivity index (χ3n) is 4.78. The maximum Gasteiger partial charge on any atom is 0.251 e. The molecule has 0 saturated carbocycles. The Balaban J connectivity index is 1.69. The van der Waals surface area contributed by atoms with Gasteiger partial charge in [0.25, 0.3) is 5.91 Å². The second-order valence-electron chi connectivity index (χ2n) is 7.52. The largest absolute Gasteiger partial charge is 0.348 e. The highest BCUT2D eigenvalue weighted by Gasteiger charge is 2.23. The van der Waals surface area contributed by atoms with Crippen molar-refractivity contribution in [1.82, 2.24) is 5.32 Å². The Kier molecular flexibility index (Phi) is 6.35. The van der Waals surface area contributed by atoms with Gasteiger partial charge in [0.05, 0.1) is 5.02 Å². The average Bonchev–Trinajstić information content (AvgIpc) is 2.67. The van der Waals surface area contributed by atoms with Crippen molar-refractivity contribution in [2.24, 2.45) is 5.92 Å². The highest BCUT2D eigenvalue weighted by molar-refractivity contribution is 6.30. The van der Waals surface area contributed by atoms with E-state index in [4.69, 9.17) is 11.6 Å². The van der Waals surface area contributed by atoms with Gasteiger partial charge in [-0.3, -0.25) is 9.59 Å². The summed E-state index contributed by atoms with van der Waals surface area (Å²) in [7, 11) is 0. The lowest BCUT2D eigenvalue weighted by Gasteiger charge is -2.30. The number of nitrogens with one attached hydrogen (secondary N) is 1. The molecule has 0 fully saturated rings. The Morgan fingerprint density at radius 2 is 2.00 bits per heavy atom. The van der Waals surface area contributed by atoms with Crippen molar-refractivity contribution in [3.63, 3.8) is 0 Å². The van der Waals surface area contributed by atoms with Crippen LogP contribution in [0.2, 0.25) is 5.02 Å². The van der Waals surface area contributed by atoms with Crippen molar-refractivity contribution in [2.75, 3.05) is 11.4 Å². The van der Waals surface area contributed by atoms with E-state index in [0.717, 1.165) is 42.3 Å². The minimum absolute atomic E-state index is 0.0113. The molecule has 2 aromatic carbocycles. The number of aryl methyl sites for hydroxylation is 1. The van der Waals surface area contributed by atoms with Crippen LogP contribution in [0.4, 0.5) is 10.1 Å². The Morgan fingerprint density at radius 1 is 1.21 bits per heavy atom. The summed E-state index contributed by atoms with van der Waals surface area (Å²) in [4.78, 5) is 26.6. The number of anilines is 1. The molecule has 0 spiro atoms. The molecular formula is C22H24ClFN2O2. The molecule has 1 heterocycles. The predicted octanol–water partition coefficient (Wildman–Crippen LogP) is 4.73. The molecule has 1 aliphatic heterocycles. The monoisotopic (exact) mass is 402 g/mol. The molecule has 28 heavy (non-hydrogen) atoms. The fraction of sp³-hybridized carbons (Fsp3) is 0.364. The number of nitrogens with zero attached hydrogens (tertiary/aromatic N) is 1. The van der Waals surface area contributed by atoms with Crippen LogP contribution in [0.15, 0.2) is 36.4 Å². The highest BCUT2D eigenvalue weighted by Crippen LogP contribution is 2.29. The number of amides is 2. The van der Waals surface area contributed by atoms with Crippen LogP contribution in [-0.4, -0.2) is 18.4 Å². The van der Waals surface area contributed by atoms with Gasteiger partial charge in [0.15, 0.2) is 0 Å². The van der Waals surface area contributed by atoms with Crippen molar-refractivity contribution < 1.29 is 14.0 Å². The second kappa shape index (κ2) is 8.74. The van der Waals surface area contributed by atoms with Gasteiger partial charge in [-0.15, -0.1) is 0 Å². The van der Waals surface area contributed by atoms with Crippen LogP contribution >= 0.6 is 11.6 Å². The average molecular weight is 403 g/mol. The van der Waals surface area contributed by atoms with Gasteiger partial charge in [0.2, 0.25) is 5.91 Å². The highest BCUT2D eigenvalue weighted by atomic mass is 35.5. The number of rotatable bonds is 5. The Hall–Kier alpha value is -2.40. The third kappa shape index (κ3) is 4.71. The van der Waals surface area contributed by atoms with Crippen molar-refractivity contribution in [2.45, 2.75) is 39.7 Å². The lowest BCUT2D eigenvalue weighted by Crippen LogP contribution is -2.36. The molecule has 0 radical (unpaired) electrons. The molecule has 0 saturated heterocycles. The lowest BCUT2D eigenvalue weighted by molar-refractivity contribution is -0.119. The molecule has 6 heteroatoms. The fourth-order valence-electron chi connectivity index (χ4n) is 3.40. The maximum absolute atomic E-state index is 13.5. The van der Waals surface area contributed by atoms with Crippen LogP contribution in [0, 0.1) is 11.7 Å². The number of hydrogen-bond acceptors (Lipinski definition) is 2. The van der Waals surface area contributed by atoms with Crippen molar-refractivity contribution >= 4 is 29.1 Å². The number of fused-ring (bicyclic) bond motifs is 1. The van der Waals surface area contributed by atoms with Crippen LogP contribution in [0.3, 0.4) is 0 Å². The van der Waals surface area contributed by atoms with E-state index >= 15 is 0 Å². The normalized spacial score (nSPS) is 13.4. The molecule has 4 nitrogen and oxygen atoms in total. The SMILES string of the molecule is CC(C)CC(=O)N1CCCc2cc(CNC(=O)c3ccc(Cl)c(F)c3)ccc21. The zero-order chi connectivity index (χ0) is 20.3. The van der Waals surface area contributed by atoms with E-state index in [-0.39, 0.29) is 22.4 Å². The van der Waals surface area contributed by atoms with Gasteiger partial charge in [-0.1, -0.05) is 37.6 Å². The van der Waals surface area contributed by atoms with E-state index in [1.165, 1.54) is 12.1 Å². The van der Waals surface area contributed by atoms with Crippen LogP contribution in [0.5, 0.6) is 0 Å². The summed E-state index contributed by atoms with van der Waals surface area (Å²) in [6.07, 6.45) is 2.37. The first kappa shape index (κ1) is 20.3. The fourth-order valence-corrected chi connectivity index (χ4v) is 3.52. The molecule has 1 N–H and O–H groups in total. The summed E-state index contributed by atoms with van der Waals surface area (Å²) in [5.41, 5.74) is 3.25. The van der Waals surface area contributed by atoms with Gasteiger partial charge in [0, 0.05) is 30.8 Å². The van der Waals surface area contributed by atoms with Gasteiger partial charge in [-0.25, -0.2) is 4.39 Å². The first-order chi connectivity index (χ1) is 13.3. The van der Waals surface area contributed by atoms with Gasteiger partial charge >= 0.3 is 0 Å². The van der Waals surface area contributed by atoms with Crippen LogP contribution < -0.4 is 10.2 Å². The number of hydrogen-bond donors (Lipinski definition) is 1. The zero-order valence-electron chi connectivity index (χ0n) is 16.1. The lowest BCUT2D eigenvalue weighted by atomic mass is 9.98. The summed E-state index contributed by atoms with van der Waals surface area (Å²) in [6, 6.07) is 9.90. The summed E-state index contributed by atoms with van der Waals surface area (Å²) in [6.45, 7) is 5.16. The maximum atomic E-state index is 13.5. The van der Waals surface area contributed by atoms with Crippen molar-refractivity contribution in [1.29, 1.82) is 0 Å². The van der Waals surface area contributed by atoms with E-state index < -0.39 is 5.82 Å². The number of benzene rings is 2. The van der Waals surface area contributed by atoms with Crippen LogP contribution in [-0.2, 0) is 17.8 Å². The predicted molar refractivity (Wildman–Crippen MR) is 109 cm³/mol. The van der Waals surface area contributed by atoms with Gasteiger partial charge in [-0.2, -0.15) is 0 Å². The minimum Gasteiger partial charge on any atom is -0.348 e. The molecular weight excluding hydrogens is 379 g/mol. The molecule has 0 atom stereocenters. The minimum atomic E-state index is -0.616. The van der Waals surface area contributed by atoms with Crippen LogP contribution in [0.1, 0.15) is 48.2 Å². The molecule has 2 amide bonds. The van der Waals surface area contributed by atoms with E-state index in [0.29, 0.717) is 18.9 Å². The summed E-state index contributed by atoms with van der Waals surface area (Å²) in [5.74, 6) is -0.497. The topological polar surface area (TPSA) is 49.4 Å². The molecule has 0 bridgehead atoms. The molecule has 2 aromatic rings. The zero-order valence-corrected chi connectivity index (χ0v) is 16.9. The molecule has 3 rings (SSSR count). The van der Waals surface area contributed by atoms with Gasteiger partial charge in [-0.05, 0) is 54.2 Å². The van der Waals surface area contributed by atoms with E-state index in [1.54, 1.807) is 0 Å². The van der Waals surface area contributed by atoms with E-state index in [1.807, 2.05) is 36.9 Å². The quantitative estimate of drug-likeness (QED) is 0.785. The smallest absolute Gasteiger partial charge is 0.251 e. The molecule has 0 unspecified atom stereocenters. The Morgan fingerprint density at radius 3 is 2.71 bits per heavy atom. The van der Waals surface area contributed by atoms with Gasteiger partial charge in [0.1, 0.15) is 5.82 Å².